The zero-order valence-corrected chi connectivity index (χ0v) is 23.2. The van der Waals surface area contributed by atoms with Gasteiger partial charge >= 0.3 is 0 Å². The summed E-state index contributed by atoms with van der Waals surface area (Å²) in [6.07, 6.45) is 0.670. The Morgan fingerprint density at radius 3 is 2.31 bits per heavy atom. The number of carbonyl (C=O) groups is 1. The van der Waals surface area contributed by atoms with Crippen LogP contribution in [0.1, 0.15) is 33.9 Å². The molecule has 6 aromatic rings. The van der Waals surface area contributed by atoms with Crippen LogP contribution < -0.4 is 20.5 Å². The van der Waals surface area contributed by atoms with Crippen molar-refractivity contribution in [2.45, 2.75) is 19.1 Å². The van der Waals surface area contributed by atoms with Crippen molar-refractivity contribution in [2.75, 3.05) is 18.9 Å². The van der Waals surface area contributed by atoms with E-state index in [1.165, 1.54) is 0 Å². The molecular weight excluding hydrogens is 524 g/mol. The maximum atomic E-state index is 13.1. The molecule has 6 heteroatoms. The summed E-state index contributed by atoms with van der Waals surface area (Å²) in [5, 5.41) is 5.59. The van der Waals surface area contributed by atoms with Crippen LogP contribution in [-0.4, -0.2) is 18.9 Å². The molecule has 0 radical (unpaired) electrons. The molecule has 42 heavy (non-hydrogen) atoms. The van der Waals surface area contributed by atoms with Gasteiger partial charge in [0, 0.05) is 34.9 Å². The van der Waals surface area contributed by atoms with Crippen molar-refractivity contribution in [2.24, 2.45) is 0 Å². The normalized spacial score (nSPS) is 11.9. The Kier molecular flexibility index (Phi) is 8.15. The molecule has 1 aromatic heterocycles. The molecule has 0 aliphatic heterocycles. The van der Waals surface area contributed by atoms with Gasteiger partial charge in [-0.3, -0.25) is 4.79 Å². The van der Waals surface area contributed by atoms with Crippen molar-refractivity contribution in [3.63, 3.8) is 0 Å². The Balaban J connectivity index is 1.07. The summed E-state index contributed by atoms with van der Waals surface area (Å²) in [7, 11) is 0. The summed E-state index contributed by atoms with van der Waals surface area (Å²) >= 11 is 0. The maximum absolute atomic E-state index is 13.1. The van der Waals surface area contributed by atoms with Gasteiger partial charge in [0.15, 0.2) is 5.78 Å². The molecule has 6 rings (SSSR count). The summed E-state index contributed by atoms with van der Waals surface area (Å²) in [6.45, 7) is 1.04. The lowest BCUT2D eigenvalue weighted by Gasteiger charge is -2.19. The van der Waals surface area contributed by atoms with E-state index in [2.05, 4.69) is 23.5 Å². The van der Waals surface area contributed by atoms with Crippen LogP contribution in [0.3, 0.4) is 0 Å². The highest BCUT2D eigenvalue weighted by molar-refractivity contribution is 6.05. The monoisotopic (exact) mass is 556 g/mol. The molecule has 0 fully saturated rings. The van der Waals surface area contributed by atoms with E-state index in [0.29, 0.717) is 36.6 Å². The van der Waals surface area contributed by atoms with Crippen molar-refractivity contribution >= 4 is 33.4 Å². The summed E-state index contributed by atoms with van der Waals surface area (Å²) in [5.74, 6) is 1.26. The summed E-state index contributed by atoms with van der Waals surface area (Å²) in [5.41, 5.74) is 11.0. The van der Waals surface area contributed by atoms with Gasteiger partial charge in [-0.2, -0.15) is 0 Å². The lowest BCUT2D eigenvalue weighted by Crippen LogP contribution is -2.29. The van der Waals surface area contributed by atoms with E-state index in [1.54, 1.807) is 18.2 Å². The first-order chi connectivity index (χ1) is 20.6. The molecule has 0 amide bonds. The fourth-order valence-corrected chi connectivity index (χ4v) is 5.07. The minimum Gasteiger partial charge on any atom is -0.493 e. The number of Topliss-reactive ketones (excluding diaryl/α,β-unsaturated/α-hetero) is 1. The van der Waals surface area contributed by atoms with Gasteiger partial charge in [0.1, 0.15) is 29.3 Å². The van der Waals surface area contributed by atoms with E-state index in [0.717, 1.165) is 38.8 Å². The molecule has 210 valence electrons. The minimum atomic E-state index is -0.0732. The third-order valence-electron chi connectivity index (χ3n) is 7.31. The second-order valence-corrected chi connectivity index (χ2v) is 10.2. The summed E-state index contributed by atoms with van der Waals surface area (Å²) in [4.78, 5) is 13.1. The smallest absolute Gasteiger partial charge is 0.176 e. The number of carbonyl (C=O) groups excluding carboxylic acids is 1. The number of rotatable bonds is 12. The quantitative estimate of drug-likeness (QED) is 0.118. The number of benzene rings is 5. The topological polar surface area (TPSA) is 86.7 Å². The number of para-hydroxylation sites is 1. The van der Waals surface area contributed by atoms with Gasteiger partial charge in [-0.1, -0.05) is 78.9 Å². The SMILES string of the molecule is Nc1cc(C(=O)CNC(CCOc2ccc3c(c2)oc2ccccc23)c2ccccc2)ccc1OCc1ccccc1. The van der Waals surface area contributed by atoms with Crippen molar-refractivity contribution in [1.82, 2.24) is 5.32 Å². The van der Waals surface area contributed by atoms with Gasteiger partial charge < -0.3 is 24.9 Å². The molecule has 1 heterocycles. The molecular formula is C36H32N2O4. The third-order valence-corrected chi connectivity index (χ3v) is 7.31. The molecule has 1 unspecified atom stereocenters. The first-order valence-corrected chi connectivity index (χ1v) is 14.1. The molecule has 0 saturated carbocycles. The van der Waals surface area contributed by atoms with Crippen molar-refractivity contribution in [3.05, 3.63) is 138 Å². The number of hydrogen-bond acceptors (Lipinski definition) is 6. The second kappa shape index (κ2) is 12.6. The van der Waals surface area contributed by atoms with Crippen LogP contribution in [0, 0.1) is 0 Å². The number of hydrogen-bond donors (Lipinski definition) is 2. The predicted molar refractivity (Wildman–Crippen MR) is 167 cm³/mol. The van der Waals surface area contributed by atoms with Gasteiger partial charge in [0.25, 0.3) is 0 Å². The van der Waals surface area contributed by atoms with Crippen LogP contribution in [0.15, 0.2) is 126 Å². The highest BCUT2D eigenvalue weighted by Crippen LogP contribution is 2.31. The Bertz CT molecular complexity index is 1800. The molecule has 0 spiro atoms. The highest BCUT2D eigenvalue weighted by Gasteiger charge is 2.16. The lowest BCUT2D eigenvalue weighted by molar-refractivity contribution is 0.0985. The molecule has 0 aliphatic carbocycles. The van der Waals surface area contributed by atoms with Crippen LogP contribution >= 0.6 is 0 Å². The number of ketones is 1. The number of nitrogens with two attached hydrogens (primary N) is 1. The van der Waals surface area contributed by atoms with E-state index in [9.17, 15) is 4.79 Å². The Labute approximate surface area is 244 Å². The average Bonchev–Trinajstić information content (AvgIpc) is 3.40. The third kappa shape index (κ3) is 6.29. The van der Waals surface area contributed by atoms with Crippen molar-refractivity contribution in [3.8, 4) is 11.5 Å². The molecule has 6 nitrogen and oxygen atoms in total. The van der Waals surface area contributed by atoms with Gasteiger partial charge in [-0.15, -0.1) is 0 Å². The standard InChI is InChI=1S/C36H32N2O4/c37-31-21-27(15-18-35(31)41-24-25-9-3-1-4-10-25)33(39)23-38-32(26-11-5-2-6-12-26)19-20-40-28-16-17-30-29-13-7-8-14-34(29)42-36(30)22-28/h1-18,21-22,32,38H,19-20,23-24,37H2. The van der Waals surface area contributed by atoms with Crippen LogP contribution in [-0.2, 0) is 6.61 Å². The van der Waals surface area contributed by atoms with Crippen LogP contribution in [0.4, 0.5) is 5.69 Å². The average molecular weight is 557 g/mol. The van der Waals surface area contributed by atoms with Crippen LogP contribution in [0.25, 0.3) is 21.9 Å². The Morgan fingerprint density at radius 2 is 1.50 bits per heavy atom. The predicted octanol–water partition coefficient (Wildman–Crippen LogP) is 7.73. The Morgan fingerprint density at radius 1 is 0.762 bits per heavy atom. The number of fused-ring (bicyclic) bond motifs is 3. The first-order valence-electron chi connectivity index (χ1n) is 14.1. The van der Waals surface area contributed by atoms with Crippen molar-refractivity contribution < 1.29 is 18.7 Å². The lowest BCUT2D eigenvalue weighted by atomic mass is 10.0. The molecule has 5 aromatic carbocycles. The molecule has 0 saturated heterocycles. The van der Waals surface area contributed by atoms with Gasteiger partial charge in [-0.25, -0.2) is 0 Å². The summed E-state index contributed by atoms with van der Waals surface area (Å²) < 4.78 is 18.0. The van der Waals surface area contributed by atoms with E-state index >= 15 is 0 Å². The molecule has 0 aliphatic rings. The van der Waals surface area contributed by atoms with Crippen LogP contribution in [0.5, 0.6) is 11.5 Å². The molecule has 0 bridgehead atoms. The Hall–Kier alpha value is -5.07. The molecule has 3 N–H and O–H groups in total. The number of nitrogens with one attached hydrogen (secondary N) is 1. The van der Waals surface area contributed by atoms with E-state index in [-0.39, 0.29) is 18.4 Å². The zero-order chi connectivity index (χ0) is 28.7. The first kappa shape index (κ1) is 27.1. The number of anilines is 1. The zero-order valence-electron chi connectivity index (χ0n) is 23.2. The van der Waals surface area contributed by atoms with Gasteiger partial charge in [-0.05, 0) is 47.5 Å². The van der Waals surface area contributed by atoms with Gasteiger partial charge in [0.2, 0.25) is 0 Å². The van der Waals surface area contributed by atoms with E-state index < -0.39 is 0 Å². The fourth-order valence-electron chi connectivity index (χ4n) is 5.07. The number of ether oxygens (including phenoxy) is 2. The second-order valence-electron chi connectivity index (χ2n) is 10.2. The van der Waals surface area contributed by atoms with E-state index in [4.69, 9.17) is 19.6 Å². The van der Waals surface area contributed by atoms with Gasteiger partial charge in [0.05, 0.1) is 18.8 Å². The highest BCUT2D eigenvalue weighted by atomic mass is 16.5. The number of nitrogen functional groups attached to an aromatic ring is 1. The van der Waals surface area contributed by atoms with Crippen molar-refractivity contribution in [1.29, 1.82) is 0 Å². The molecule has 1 atom stereocenters. The maximum Gasteiger partial charge on any atom is 0.176 e. The van der Waals surface area contributed by atoms with E-state index in [1.807, 2.05) is 84.9 Å². The summed E-state index contributed by atoms with van der Waals surface area (Å²) in [6, 6.07) is 39.0. The largest absolute Gasteiger partial charge is 0.493 e. The minimum absolute atomic E-state index is 0.0477. The number of furan rings is 1. The van der Waals surface area contributed by atoms with Crippen LogP contribution in [0.2, 0.25) is 0 Å². The fraction of sp³-hybridized carbons (Fsp3) is 0.139.